The number of carboxylic acid groups (broad SMARTS) is 1. The number of carbonyl (C=O) groups excluding carboxylic acids is 1. The maximum atomic E-state index is 11.7. The second-order valence-corrected chi connectivity index (χ2v) is 7.02. The molecule has 0 aliphatic carbocycles. The van der Waals surface area contributed by atoms with Crippen molar-refractivity contribution in [2.45, 2.75) is 6.61 Å². The minimum Gasteiger partial charge on any atom is -0.488 e. The van der Waals surface area contributed by atoms with Crippen LogP contribution < -0.4 is 15.4 Å². The van der Waals surface area contributed by atoms with Gasteiger partial charge in [0.1, 0.15) is 18.1 Å². The lowest BCUT2D eigenvalue weighted by Crippen LogP contribution is -2.21. The average Bonchev–Trinajstić information content (AvgIpc) is 2.91. The number of carbonyl (C=O) groups is 2. The molecule has 0 radical (unpaired) electrons. The van der Waals surface area contributed by atoms with Gasteiger partial charge < -0.3 is 15.2 Å². The van der Waals surface area contributed by atoms with Gasteiger partial charge in [-0.25, -0.2) is 4.79 Å². The molecule has 0 bridgehead atoms. The third kappa shape index (κ3) is 4.38. The Bertz CT molecular complexity index is 925. The molecule has 1 fully saturated rings. The van der Waals surface area contributed by atoms with E-state index in [1.54, 1.807) is 30.3 Å². The van der Waals surface area contributed by atoms with E-state index in [1.807, 2.05) is 18.2 Å². The summed E-state index contributed by atoms with van der Waals surface area (Å²) in [7, 11) is 0. The van der Waals surface area contributed by atoms with E-state index in [0.29, 0.717) is 23.2 Å². The van der Waals surface area contributed by atoms with Crippen molar-refractivity contribution in [1.29, 1.82) is 0 Å². The number of rotatable bonds is 5. The number of ether oxygens (including phenoxy) is 1. The summed E-state index contributed by atoms with van der Waals surface area (Å²) in [5.41, 5.74) is 2.36. The smallest absolute Gasteiger partial charge is 0.335 e. The van der Waals surface area contributed by atoms with Gasteiger partial charge in [-0.3, -0.25) is 10.1 Å². The van der Waals surface area contributed by atoms with Crippen molar-refractivity contribution >= 4 is 57.9 Å². The van der Waals surface area contributed by atoms with Gasteiger partial charge >= 0.3 is 5.97 Å². The summed E-state index contributed by atoms with van der Waals surface area (Å²) in [6, 6.07) is 12.1. The predicted octanol–water partition coefficient (Wildman–Crippen LogP) is 2.91. The van der Waals surface area contributed by atoms with Crippen molar-refractivity contribution in [3.63, 3.8) is 0 Å². The lowest BCUT2D eigenvalue weighted by Gasteiger charge is -2.09. The molecule has 26 heavy (non-hydrogen) atoms. The molecule has 132 valence electrons. The van der Waals surface area contributed by atoms with Crippen molar-refractivity contribution in [2.75, 3.05) is 0 Å². The number of carboxylic acids is 1. The third-order valence-corrected chi connectivity index (χ3v) is 4.63. The van der Waals surface area contributed by atoms with Gasteiger partial charge in [-0.05, 0) is 76.3 Å². The first-order valence-corrected chi connectivity index (χ1v) is 9.00. The van der Waals surface area contributed by atoms with Crippen LogP contribution in [0.2, 0.25) is 0 Å². The molecular formula is C18H13IN2O4S. The number of thiocarbonyl (C=S) groups is 1. The maximum absolute atomic E-state index is 11.7. The Morgan fingerprint density at radius 3 is 2.50 bits per heavy atom. The Hall–Kier alpha value is -2.46. The molecule has 1 aliphatic rings. The van der Waals surface area contributed by atoms with Crippen LogP contribution in [0, 0.1) is 3.57 Å². The normalized spacial score (nSPS) is 14.9. The van der Waals surface area contributed by atoms with Crippen molar-refractivity contribution < 1.29 is 19.4 Å². The molecule has 2 aromatic rings. The summed E-state index contributed by atoms with van der Waals surface area (Å²) < 4.78 is 6.68. The van der Waals surface area contributed by atoms with E-state index in [4.69, 9.17) is 22.1 Å². The topological polar surface area (TPSA) is 87.7 Å². The predicted molar refractivity (Wildman–Crippen MR) is 109 cm³/mol. The average molecular weight is 480 g/mol. The fourth-order valence-corrected chi connectivity index (χ4v) is 3.18. The number of hydrogen-bond donors (Lipinski definition) is 3. The number of aromatic carboxylic acids is 1. The number of nitrogens with one attached hydrogen (secondary N) is 2. The molecule has 0 unspecified atom stereocenters. The molecule has 0 aromatic heterocycles. The summed E-state index contributed by atoms with van der Waals surface area (Å²) in [5, 5.41) is 14.5. The monoisotopic (exact) mass is 480 g/mol. The first-order valence-electron chi connectivity index (χ1n) is 7.51. The quantitative estimate of drug-likeness (QED) is 0.347. The molecule has 0 atom stereocenters. The van der Waals surface area contributed by atoms with Gasteiger partial charge in [0.25, 0.3) is 5.91 Å². The van der Waals surface area contributed by atoms with Gasteiger partial charge in [-0.2, -0.15) is 0 Å². The third-order valence-electron chi connectivity index (χ3n) is 3.58. The molecule has 6 nitrogen and oxygen atoms in total. The minimum absolute atomic E-state index is 0.241. The molecule has 1 aliphatic heterocycles. The Labute approximate surface area is 168 Å². The van der Waals surface area contributed by atoms with Crippen molar-refractivity contribution in [2.24, 2.45) is 0 Å². The molecule has 1 heterocycles. The first-order chi connectivity index (χ1) is 12.4. The summed E-state index contributed by atoms with van der Waals surface area (Å²) >= 11 is 7.06. The van der Waals surface area contributed by atoms with Gasteiger partial charge in [-0.1, -0.05) is 18.2 Å². The minimum atomic E-state index is -0.956. The summed E-state index contributed by atoms with van der Waals surface area (Å²) in [6.45, 7) is 0.328. The summed E-state index contributed by atoms with van der Waals surface area (Å²) in [6.07, 6.45) is 1.71. The number of amides is 1. The van der Waals surface area contributed by atoms with Crippen molar-refractivity contribution in [3.05, 3.63) is 68.4 Å². The number of halogens is 1. The van der Waals surface area contributed by atoms with Crippen LogP contribution in [0.5, 0.6) is 5.75 Å². The van der Waals surface area contributed by atoms with Crippen molar-refractivity contribution in [3.8, 4) is 5.75 Å². The zero-order valence-corrected chi connectivity index (χ0v) is 16.3. The molecule has 1 saturated heterocycles. The maximum Gasteiger partial charge on any atom is 0.335 e. The SMILES string of the molecule is O=C1NC(=S)N/C1=C/c1ccc(OCc2ccc(C(=O)O)cc2)c(I)c1. The second-order valence-electron chi connectivity index (χ2n) is 5.45. The van der Waals surface area contributed by atoms with E-state index in [-0.39, 0.29) is 11.5 Å². The first kappa shape index (κ1) is 18.3. The Morgan fingerprint density at radius 2 is 1.92 bits per heavy atom. The van der Waals surface area contributed by atoms with E-state index in [1.165, 1.54) is 0 Å². The summed E-state index contributed by atoms with van der Waals surface area (Å²) in [5.74, 6) is -0.507. The molecule has 0 saturated carbocycles. The highest BCUT2D eigenvalue weighted by atomic mass is 127. The highest BCUT2D eigenvalue weighted by Gasteiger charge is 2.19. The van der Waals surface area contributed by atoms with Crippen LogP contribution in [0.1, 0.15) is 21.5 Å². The van der Waals surface area contributed by atoms with Crippen LogP contribution >= 0.6 is 34.8 Å². The lowest BCUT2D eigenvalue weighted by molar-refractivity contribution is -0.115. The summed E-state index contributed by atoms with van der Waals surface area (Å²) in [4.78, 5) is 22.5. The molecule has 2 aromatic carbocycles. The van der Waals surface area contributed by atoms with Crippen LogP contribution in [0.15, 0.2) is 48.2 Å². The largest absolute Gasteiger partial charge is 0.488 e. The number of hydrogen-bond acceptors (Lipinski definition) is 4. The molecule has 1 amide bonds. The fourth-order valence-electron chi connectivity index (χ4n) is 2.28. The highest BCUT2D eigenvalue weighted by Crippen LogP contribution is 2.24. The molecule has 3 N–H and O–H groups in total. The van der Waals surface area contributed by atoms with Gasteiger partial charge in [0.2, 0.25) is 0 Å². The van der Waals surface area contributed by atoms with Gasteiger partial charge in [0.15, 0.2) is 5.11 Å². The van der Waals surface area contributed by atoms with Crippen LogP contribution in [0.3, 0.4) is 0 Å². The van der Waals surface area contributed by atoms with Crippen LogP contribution in [0.4, 0.5) is 0 Å². The van der Waals surface area contributed by atoms with E-state index < -0.39 is 5.97 Å². The molecular weight excluding hydrogens is 467 g/mol. The Morgan fingerprint density at radius 1 is 1.19 bits per heavy atom. The molecule has 3 rings (SSSR count). The van der Waals surface area contributed by atoms with E-state index in [9.17, 15) is 9.59 Å². The van der Waals surface area contributed by atoms with Crippen molar-refractivity contribution in [1.82, 2.24) is 10.6 Å². The number of benzene rings is 2. The van der Waals surface area contributed by atoms with E-state index >= 15 is 0 Å². The zero-order valence-electron chi connectivity index (χ0n) is 13.3. The fraction of sp³-hybridized carbons (Fsp3) is 0.0556. The lowest BCUT2D eigenvalue weighted by atomic mass is 10.1. The molecule has 0 spiro atoms. The van der Waals surface area contributed by atoms with Crippen LogP contribution in [-0.2, 0) is 11.4 Å². The van der Waals surface area contributed by atoms with E-state index in [2.05, 4.69) is 33.2 Å². The Kier molecular flexibility index (Phi) is 5.52. The molecule has 8 heteroatoms. The Balaban J connectivity index is 1.68. The van der Waals surface area contributed by atoms with Gasteiger partial charge in [0.05, 0.1) is 9.13 Å². The standard InChI is InChI=1S/C18H13IN2O4S/c19-13-7-11(8-14-16(22)21-18(26)20-14)3-6-15(13)25-9-10-1-4-12(5-2-10)17(23)24/h1-8H,9H2,(H,23,24)(H2,20,21,22,26)/b14-8+. The second kappa shape index (κ2) is 7.83. The zero-order chi connectivity index (χ0) is 18.7. The van der Waals surface area contributed by atoms with Crippen LogP contribution in [-0.4, -0.2) is 22.1 Å². The van der Waals surface area contributed by atoms with E-state index in [0.717, 1.165) is 14.7 Å². The highest BCUT2D eigenvalue weighted by molar-refractivity contribution is 14.1. The van der Waals surface area contributed by atoms with Gasteiger partial charge in [-0.15, -0.1) is 0 Å². The van der Waals surface area contributed by atoms with Crippen LogP contribution in [0.25, 0.3) is 6.08 Å². The van der Waals surface area contributed by atoms with Gasteiger partial charge in [0, 0.05) is 0 Å².